The first kappa shape index (κ1) is 78.5. The molecule has 7 aliphatic heterocycles. The predicted octanol–water partition coefficient (Wildman–Crippen LogP) is 9.98. The summed E-state index contributed by atoms with van der Waals surface area (Å²) in [6, 6.07) is 16.2. The van der Waals surface area contributed by atoms with E-state index in [-0.39, 0.29) is 131 Å². The molecule has 0 unspecified atom stereocenters. The number of hydrogen-bond acceptors (Lipinski definition) is 16. The van der Waals surface area contributed by atoms with Gasteiger partial charge in [0.2, 0.25) is 20.0 Å². The Hall–Kier alpha value is -8.11. The Morgan fingerprint density at radius 1 is 0.500 bits per heavy atom. The molecule has 9 amide bonds. The second-order valence-electron chi connectivity index (χ2n) is 28.0. The molecular formula is C69H81Cl2F6N11O14S2. The monoisotopic (exact) mass is 1540 g/mol. The van der Waals surface area contributed by atoms with Crippen molar-refractivity contribution in [1.82, 2.24) is 34.8 Å². The van der Waals surface area contributed by atoms with Crippen molar-refractivity contribution in [2.75, 3.05) is 65.9 Å². The van der Waals surface area contributed by atoms with Crippen molar-refractivity contribution < 1.29 is 91.0 Å². The zero-order chi connectivity index (χ0) is 75.9. The molecule has 0 radical (unpaired) electrons. The average molecular weight is 1540 g/mol. The van der Waals surface area contributed by atoms with E-state index < -0.39 is 102 Å². The summed E-state index contributed by atoms with van der Waals surface area (Å²) in [5.74, 6) is -2.25. The SMILES string of the molecule is Cc1cc(N2C(=O)NC(=O)C23CCCCC3)cc(C)c1CCS(=O)(=O)N1CCC2(CC1)N=C(c1ccc(OC(F)(F)F)cc1)NC2=O.Cc1cc(N2C(=O)NC(=O)C23CCN(C(=O)OC(C)(C)C)CC3)cc(C)c1CCS(=O)(=O)N1CCC2(CC1)N=C(c1ccc(OC(F)(F)F)cc1)NC2=O.ClCCl. The topological polar surface area (TPSA) is 304 Å². The number of nitrogens with zero attached hydrogens (tertiary/aromatic N) is 7. The van der Waals surface area contributed by atoms with E-state index in [1.807, 2.05) is 39.8 Å². The number of benzene rings is 4. The highest BCUT2D eigenvalue weighted by atomic mass is 35.5. The van der Waals surface area contributed by atoms with Gasteiger partial charge in [0, 0.05) is 61.8 Å². The molecule has 35 heteroatoms. The van der Waals surface area contributed by atoms with E-state index in [0.717, 1.165) is 76.9 Å². The number of urea groups is 2. The third-order valence-corrected chi connectivity index (χ3v) is 23.9. The van der Waals surface area contributed by atoms with Gasteiger partial charge >= 0.3 is 30.9 Å². The third-order valence-electron chi connectivity index (χ3n) is 20.1. The summed E-state index contributed by atoms with van der Waals surface area (Å²) >= 11 is 9.53. The minimum absolute atomic E-state index is 0.0489. The predicted molar refractivity (Wildman–Crippen MR) is 374 cm³/mol. The number of sulfonamides is 2. The Kier molecular flexibility index (Phi) is 22.7. The molecule has 564 valence electrons. The van der Waals surface area contributed by atoms with Crippen LogP contribution in [0.15, 0.2) is 82.8 Å². The number of hydrogen-bond donors (Lipinski definition) is 4. The van der Waals surface area contributed by atoms with Crippen LogP contribution in [0.1, 0.15) is 136 Å². The molecular weight excluding hydrogens is 1460 g/mol. The summed E-state index contributed by atoms with van der Waals surface area (Å²) in [5.41, 5.74) is 1.57. The van der Waals surface area contributed by atoms with Crippen molar-refractivity contribution in [1.29, 1.82) is 0 Å². The van der Waals surface area contributed by atoms with E-state index in [9.17, 15) is 76.7 Å². The van der Waals surface area contributed by atoms with Crippen LogP contribution in [0.4, 0.5) is 52.1 Å². The fraction of sp³-hybridized carbons (Fsp3) is 0.522. The number of rotatable bonds is 14. The number of amides is 9. The van der Waals surface area contributed by atoms with E-state index in [0.29, 0.717) is 35.3 Å². The average Bonchev–Trinajstić information content (AvgIpc) is 1.57. The van der Waals surface area contributed by atoms with Crippen LogP contribution in [0, 0.1) is 27.7 Å². The Morgan fingerprint density at radius 2 is 0.837 bits per heavy atom. The smallest absolute Gasteiger partial charge is 0.444 e. The van der Waals surface area contributed by atoms with Gasteiger partial charge in [-0.25, -0.2) is 39.8 Å². The molecule has 0 atom stereocenters. The first-order valence-corrected chi connectivity index (χ1v) is 38.1. The Balaban J connectivity index is 0.000000217. The molecule has 1 saturated carbocycles. The maximum Gasteiger partial charge on any atom is 0.573 e. The van der Waals surface area contributed by atoms with Crippen LogP contribution < -0.4 is 40.5 Å². The maximum atomic E-state index is 13.6. The van der Waals surface area contributed by atoms with Gasteiger partial charge in [0.1, 0.15) is 50.9 Å². The van der Waals surface area contributed by atoms with Gasteiger partial charge < -0.3 is 29.7 Å². The number of carbonyl (C=O) groups excluding carboxylic acids is 7. The molecule has 8 aliphatic rings. The molecule has 6 fully saturated rings. The molecule has 4 aromatic carbocycles. The van der Waals surface area contributed by atoms with Crippen LogP contribution in [-0.2, 0) is 56.8 Å². The summed E-state index contributed by atoms with van der Waals surface area (Å²) in [4.78, 5) is 105. The molecule has 4 spiro atoms. The number of likely N-dealkylation sites (tertiary alicyclic amines) is 1. The fourth-order valence-electron chi connectivity index (χ4n) is 14.9. The molecule has 5 saturated heterocycles. The lowest BCUT2D eigenvalue weighted by atomic mass is 9.80. The summed E-state index contributed by atoms with van der Waals surface area (Å²) in [6.07, 6.45) is -4.82. The highest BCUT2D eigenvalue weighted by Gasteiger charge is 2.57. The number of aliphatic imine (C=N–C) groups is 2. The largest absolute Gasteiger partial charge is 0.573 e. The summed E-state index contributed by atoms with van der Waals surface area (Å²) in [7, 11) is -7.47. The number of imide groups is 2. The van der Waals surface area contributed by atoms with Gasteiger partial charge in [-0.15, -0.1) is 49.5 Å². The number of carbonyl (C=O) groups is 7. The zero-order valence-electron chi connectivity index (χ0n) is 58.2. The second kappa shape index (κ2) is 30.0. The normalized spacial score (nSPS) is 20.3. The third kappa shape index (κ3) is 16.9. The molecule has 7 heterocycles. The van der Waals surface area contributed by atoms with Gasteiger partial charge in [-0.3, -0.25) is 49.6 Å². The van der Waals surface area contributed by atoms with Crippen LogP contribution >= 0.6 is 23.2 Å². The molecule has 1 aliphatic carbocycles. The molecule has 0 bridgehead atoms. The second-order valence-corrected chi connectivity index (χ2v) is 32.9. The fourth-order valence-corrected chi connectivity index (χ4v) is 17.8. The number of alkyl halides is 8. The van der Waals surface area contributed by atoms with Crippen molar-refractivity contribution in [3.8, 4) is 11.5 Å². The molecule has 25 nitrogen and oxygen atoms in total. The van der Waals surface area contributed by atoms with E-state index in [1.54, 1.807) is 37.8 Å². The number of halogens is 8. The standard InChI is InChI=1S/C36H43F3N6O8S.C32H36F3N5O6S.CH2Cl2/c1-22-20-25(45-31(48)41-30(47)35(45)13-15-43(16-14-35)32(49)53-33(3,4)5)21-23(2)27(22)10-19-54(50,51)44-17-11-34(12-18-44)29(46)40-28(42-34)24-6-8-26(9-7-24)52-36(37,38)39;1-20-18-23(40-29(43)37-28(42)31(40)11-4-3-5-12-31)19-21(2)25(20)10-17-47(44,45)39-15-13-30(14-16-39)27(41)36-26(38-30)22-6-8-24(9-7-22)46-32(33,34)35;2-1-3/h6-9,20-21H,10-19H2,1-5H3,(H,40,42,46)(H,41,47,48);6-9,18-19H,3-5,10-17H2,1-2H3,(H,36,38,41)(H,37,42,43);1H2. The lowest BCUT2D eigenvalue weighted by molar-refractivity contribution is -0.275. The maximum absolute atomic E-state index is 13.6. The highest BCUT2D eigenvalue weighted by molar-refractivity contribution is 7.89. The van der Waals surface area contributed by atoms with Gasteiger partial charge in [-0.2, -0.15) is 0 Å². The van der Waals surface area contributed by atoms with Gasteiger partial charge in [-0.1, -0.05) is 19.3 Å². The zero-order valence-corrected chi connectivity index (χ0v) is 61.3. The van der Waals surface area contributed by atoms with Gasteiger partial charge in [0.15, 0.2) is 0 Å². The first-order valence-electron chi connectivity index (χ1n) is 33.8. The van der Waals surface area contributed by atoms with Crippen molar-refractivity contribution in [3.05, 3.63) is 117 Å². The van der Waals surface area contributed by atoms with E-state index >= 15 is 0 Å². The molecule has 0 aromatic heterocycles. The van der Waals surface area contributed by atoms with E-state index in [2.05, 4.69) is 40.7 Å². The minimum Gasteiger partial charge on any atom is -0.444 e. The lowest BCUT2D eigenvalue weighted by Gasteiger charge is -2.42. The van der Waals surface area contributed by atoms with Crippen LogP contribution in [-0.4, -0.2) is 180 Å². The minimum atomic E-state index is -4.84. The number of ether oxygens (including phenoxy) is 3. The Morgan fingerprint density at radius 3 is 1.16 bits per heavy atom. The first-order chi connectivity index (χ1) is 48.6. The molecule has 12 rings (SSSR count). The Labute approximate surface area is 607 Å². The van der Waals surface area contributed by atoms with Crippen LogP contribution in [0.25, 0.3) is 0 Å². The van der Waals surface area contributed by atoms with E-state index in [4.69, 9.17) is 27.9 Å². The molecule has 4 N–H and O–H groups in total. The number of anilines is 2. The Bertz CT molecular complexity index is 4270. The highest BCUT2D eigenvalue weighted by Crippen LogP contribution is 2.44. The lowest BCUT2D eigenvalue weighted by Crippen LogP contribution is -2.58. The van der Waals surface area contributed by atoms with Crippen molar-refractivity contribution in [2.24, 2.45) is 9.98 Å². The summed E-state index contributed by atoms with van der Waals surface area (Å²) in [5, 5.41) is 10.5. The summed E-state index contributed by atoms with van der Waals surface area (Å²) in [6.45, 7) is 13.4. The van der Waals surface area contributed by atoms with Crippen molar-refractivity contribution in [3.63, 3.8) is 0 Å². The number of nitrogens with one attached hydrogen (secondary N) is 4. The van der Waals surface area contributed by atoms with Crippen LogP contribution in [0.2, 0.25) is 0 Å². The van der Waals surface area contributed by atoms with Gasteiger partial charge in [0.25, 0.3) is 23.6 Å². The molecule has 4 aromatic rings. The quantitative estimate of drug-likeness (QED) is 0.0519. The van der Waals surface area contributed by atoms with Gasteiger partial charge in [-0.05, 0) is 219 Å². The van der Waals surface area contributed by atoms with E-state index in [1.165, 1.54) is 42.7 Å². The number of aryl methyl sites for hydroxylation is 4. The van der Waals surface area contributed by atoms with Crippen molar-refractivity contribution >= 4 is 108 Å². The van der Waals surface area contributed by atoms with Crippen LogP contribution in [0.5, 0.6) is 11.5 Å². The summed E-state index contributed by atoms with van der Waals surface area (Å²) < 4.78 is 145. The van der Waals surface area contributed by atoms with Crippen LogP contribution in [0.3, 0.4) is 0 Å². The van der Waals surface area contributed by atoms with Gasteiger partial charge in [0.05, 0.1) is 16.8 Å². The number of piperidine rings is 3. The van der Waals surface area contributed by atoms with Crippen molar-refractivity contribution in [2.45, 2.75) is 172 Å². The molecule has 104 heavy (non-hydrogen) atoms. The number of amidine groups is 2.